The number of hydrogen-bond donors (Lipinski definition) is 2. The van der Waals surface area contributed by atoms with Gasteiger partial charge in [0.05, 0.1) is 0 Å². The lowest BCUT2D eigenvalue weighted by Crippen LogP contribution is -2.44. The summed E-state index contributed by atoms with van der Waals surface area (Å²) >= 11 is 0. The first-order chi connectivity index (χ1) is 6.94. The van der Waals surface area contributed by atoms with Crippen molar-refractivity contribution in [2.45, 2.75) is 33.6 Å². The number of hydrogen-bond acceptors (Lipinski definition) is 3. The van der Waals surface area contributed by atoms with Crippen LogP contribution in [0.15, 0.2) is 5.16 Å². The van der Waals surface area contributed by atoms with E-state index in [1.54, 1.807) is 0 Å². The summed E-state index contributed by atoms with van der Waals surface area (Å²) in [6.07, 6.45) is 2.54. The second kappa shape index (κ2) is 4.84. The van der Waals surface area contributed by atoms with E-state index >= 15 is 0 Å². The van der Waals surface area contributed by atoms with Crippen molar-refractivity contribution in [1.29, 1.82) is 0 Å². The van der Waals surface area contributed by atoms with E-state index in [0.29, 0.717) is 11.3 Å². The van der Waals surface area contributed by atoms with Crippen molar-refractivity contribution in [3.63, 3.8) is 0 Å². The van der Waals surface area contributed by atoms with Gasteiger partial charge in [0.15, 0.2) is 0 Å². The zero-order valence-corrected chi connectivity index (χ0v) is 10.0. The molecule has 1 unspecified atom stereocenters. The Bertz CT molecular complexity index is 238. The molecule has 4 heteroatoms. The minimum atomic E-state index is 0.129. The molecule has 1 heterocycles. The van der Waals surface area contributed by atoms with Crippen LogP contribution in [0.1, 0.15) is 33.6 Å². The molecule has 1 rings (SSSR count). The zero-order chi connectivity index (χ0) is 11.5. The lowest BCUT2D eigenvalue weighted by molar-refractivity contribution is 0.111. The van der Waals surface area contributed by atoms with E-state index in [1.165, 1.54) is 12.8 Å². The topological polar surface area (TPSA) is 61.8 Å². The molecule has 0 aliphatic carbocycles. The van der Waals surface area contributed by atoms with Crippen molar-refractivity contribution in [2.24, 2.45) is 22.2 Å². The molecule has 3 N–H and O–H groups in total. The van der Waals surface area contributed by atoms with E-state index in [1.807, 2.05) is 6.92 Å². The Morgan fingerprint density at radius 2 is 2.27 bits per heavy atom. The van der Waals surface area contributed by atoms with Crippen LogP contribution < -0.4 is 5.73 Å². The average Bonchev–Trinajstić information content (AvgIpc) is 2.14. The van der Waals surface area contributed by atoms with Gasteiger partial charge in [0.1, 0.15) is 5.84 Å². The molecule has 15 heavy (non-hydrogen) atoms. The maximum atomic E-state index is 8.58. The summed E-state index contributed by atoms with van der Waals surface area (Å²) in [6, 6.07) is 0. The summed E-state index contributed by atoms with van der Waals surface area (Å²) in [5, 5.41) is 11.6. The number of oxime groups is 1. The average molecular weight is 213 g/mol. The second-order valence-corrected chi connectivity index (χ2v) is 5.43. The predicted octanol–water partition coefficient (Wildman–Crippen LogP) is 1.49. The van der Waals surface area contributed by atoms with Crippen LogP contribution in [0.4, 0.5) is 0 Å². The first kappa shape index (κ1) is 12.3. The predicted molar refractivity (Wildman–Crippen MR) is 62.0 cm³/mol. The molecule has 0 saturated carbocycles. The van der Waals surface area contributed by atoms with E-state index in [0.717, 1.165) is 19.6 Å². The van der Waals surface area contributed by atoms with E-state index in [2.05, 4.69) is 23.9 Å². The number of likely N-dealkylation sites (tertiary alicyclic amines) is 1. The lowest BCUT2D eigenvalue weighted by Gasteiger charge is -2.39. The van der Waals surface area contributed by atoms with Gasteiger partial charge in [0, 0.05) is 19.0 Å². The van der Waals surface area contributed by atoms with Crippen LogP contribution in [0.5, 0.6) is 0 Å². The maximum Gasteiger partial charge on any atom is 0.143 e. The normalized spacial score (nSPS) is 25.1. The fourth-order valence-electron chi connectivity index (χ4n) is 2.28. The van der Waals surface area contributed by atoms with Gasteiger partial charge < -0.3 is 15.8 Å². The van der Waals surface area contributed by atoms with Crippen molar-refractivity contribution in [1.82, 2.24) is 4.90 Å². The van der Waals surface area contributed by atoms with Crippen molar-refractivity contribution in [3.05, 3.63) is 0 Å². The van der Waals surface area contributed by atoms with Gasteiger partial charge in [-0.2, -0.15) is 0 Å². The number of piperidine rings is 1. The maximum absolute atomic E-state index is 8.58. The first-order valence-corrected chi connectivity index (χ1v) is 5.64. The summed E-state index contributed by atoms with van der Waals surface area (Å²) in [4.78, 5) is 2.41. The van der Waals surface area contributed by atoms with Crippen molar-refractivity contribution < 1.29 is 5.21 Å². The molecule has 0 spiro atoms. The highest BCUT2D eigenvalue weighted by Crippen LogP contribution is 2.28. The Kier molecular flexibility index (Phi) is 3.97. The molecule has 0 aromatic rings. The lowest BCUT2D eigenvalue weighted by atomic mass is 9.84. The monoisotopic (exact) mass is 213 g/mol. The van der Waals surface area contributed by atoms with Gasteiger partial charge >= 0.3 is 0 Å². The SMILES string of the molecule is CC(CN1CCCC(C)(C)C1)C(N)=NO. The van der Waals surface area contributed by atoms with Gasteiger partial charge in [-0.3, -0.25) is 0 Å². The molecule has 1 saturated heterocycles. The zero-order valence-electron chi connectivity index (χ0n) is 10.0. The van der Waals surface area contributed by atoms with Gasteiger partial charge in [-0.05, 0) is 24.8 Å². The summed E-state index contributed by atoms with van der Waals surface area (Å²) in [5.74, 6) is 0.460. The molecule has 0 aromatic carbocycles. The minimum Gasteiger partial charge on any atom is -0.409 e. The van der Waals surface area contributed by atoms with Gasteiger partial charge in [-0.25, -0.2) is 0 Å². The van der Waals surface area contributed by atoms with Gasteiger partial charge in [-0.15, -0.1) is 0 Å². The smallest absolute Gasteiger partial charge is 0.143 e. The third-order valence-corrected chi connectivity index (χ3v) is 3.13. The number of rotatable bonds is 3. The first-order valence-electron chi connectivity index (χ1n) is 5.64. The van der Waals surface area contributed by atoms with Crippen LogP contribution in [0, 0.1) is 11.3 Å². The number of amidine groups is 1. The Labute approximate surface area is 92.1 Å². The fraction of sp³-hybridized carbons (Fsp3) is 0.909. The highest BCUT2D eigenvalue weighted by Gasteiger charge is 2.27. The van der Waals surface area contributed by atoms with Gasteiger partial charge in [0.2, 0.25) is 0 Å². The molecule has 0 bridgehead atoms. The molecular weight excluding hydrogens is 190 g/mol. The third-order valence-electron chi connectivity index (χ3n) is 3.13. The van der Waals surface area contributed by atoms with E-state index in [4.69, 9.17) is 10.9 Å². The Hall–Kier alpha value is -0.770. The van der Waals surface area contributed by atoms with Crippen LogP contribution in [-0.4, -0.2) is 35.6 Å². The van der Waals surface area contributed by atoms with E-state index < -0.39 is 0 Å². The molecule has 88 valence electrons. The fourth-order valence-corrected chi connectivity index (χ4v) is 2.28. The largest absolute Gasteiger partial charge is 0.409 e. The standard InChI is InChI=1S/C11H23N3O/c1-9(10(12)13-15)7-14-6-4-5-11(2,3)8-14/h9,15H,4-8H2,1-3H3,(H2,12,13). The highest BCUT2D eigenvalue weighted by atomic mass is 16.4. The summed E-state index contributed by atoms with van der Waals surface area (Å²) < 4.78 is 0. The van der Waals surface area contributed by atoms with Gasteiger partial charge in [-0.1, -0.05) is 25.9 Å². The third kappa shape index (κ3) is 3.70. The second-order valence-electron chi connectivity index (χ2n) is 5.43. The highest BCUT2D eigenvalue weighted by molar-refractivity contribution is 5.82. The van der Waals surface area contributed by atoms with Gasteiger partial charge in [0.25, 0.3) is 0 Å². The Morgan fingerprint density at radius 3 is 2.80 bits per heavy atom. The molecule has 1 aliphatic heterocycles. The van der Waals surface area contributed by atoms with Crippen molar-refractivity contribution in [2.75, 3.05) is 19.6 Å². The summed E-state index contributed by atoms with van der Waals surface area (Å²) in [5.41, 5.74) is 5.98. The van der Waals surface area contributed by atoms with E-state index in [9.17, 15) is 0 Å². The summed E-state index contributed by atoms with van der Waals surface area (Å²) in [6.45, 7) is 9.72. The van der Waals surface area contributed by atoms with Crippen LogP contribution >= 0.6 is 0 Å². The molecular formula is C11H23N3O. The number of nitrogens with two attached hydrogens (primary N) is 1. The van der Waals surface area contributed by atoms with E-state index in [-0.39, 0.29) is 5.92 Å². The van der Waals surface area contributed by atoms with Crippen LogP contribution in [0.3, 0.4) is 0 Å². The molecule has 0 aromatic heterocycles. The molecule has 0 radical (unpaired) electrons. The van der Waals surface area contributed by atoms with Crippen LogP contribution in [0.25, 0.3) is 0 Å². The summed E-state index contributed by atoms with van der Waals surface area (Å²) in [7, 11) is 0. The molecule has 1 fully saturated rings. The quantitative estimate of drug-likeness (QED) is 0.323. The van der Waals surface area contributed by atoms with Crippen LogP contribution in [-0.2, 0) is 0 Å². The number of nitrogens with zero attached hydrogens (tertiary/aromatic N) is 2. The Balaban J connectivity index is 2.45. The van der Waals surface area contributed by atoms with Crippen molar-refractivity contribution >= 4 is 5.84 Å². The minimum absolute atomic E-state index is 0.129. The van der Waals surface area contributed by atoms with Crippen LogP contribution in [0.2, 0.25) is 0 Å². The molecule has 4 nitrogen and oxygen atoms in total. The molecule has 1 aliphatic rings. The Morgan fingerprint density at radius 1 is 1.60 bits per heavy atom. The molecule has 1 atom stereocenters. The molecule has 0 amide bonds. The van der Waals surface area contributed by atoms with Crippen molar-refractivity contribution in [3.8, 4) is 0 Å².